The Morgan fingerprint density at radius 2 is 1.36 bits per heavy atom. The Balaban J connectivity index is 4.76. The van der Waals surface area contributed by atoms with Crippen LogP contribution < -0.4 is 11.5 Å². The number of hydrogen-bond donors (Lipinski definition) is 2. The van der Waals surface area contributed by atoms with Crippen LogP contribution in [-0.2, 0) is 9.59 Å². The number of carbonyl (C=O) groups is 2. The van der Waals surface area contributed by atoms with Gasteiger partial charge in [0.25, 0.3) is 0 Å². The van der Waals surface area contributed by atoms with Gasteiger partial charge in [-0.2, -0.15) is 0 Å². The molecule has 0 amide bonds. The third kappa shape index (κ3) is 1.64. The first-order valence-corrected chi connectivity index (χ1v) is 3.43. The molecule has 11 heavy (non-hydrogen) atoms. The Morgan fingerprint density at radius 1 is 1.09 bits per heavy atom. The minimum Gasteiger partial charge on any atom is -0.329 e. The highest BCUT2D eigenvalue weighted by Gasteiger charge is 2.37. The van der Waals surface area contributed by atoms with Gasteiger partial charge in [-0.1, -0.05) is 0 Å². The van der Waals surface area contributed by atoms with Gasteiger partial charge >= 0.3 is 0 Å². The van der Waals surface area contributed by atoms with Crippen molar-refractivity contribution in [3.8, 4) is 0 Å². The molecule has 4 heteroatoms. The second kappa shape index (κ2) is 3.59. The molecule has 0 unspecified atom stereocenters. The molecule has 0 aliphatic rings. The second-order valence-electron chi connectivity index (χ2n) is 2.60. The van der Waals surface area contributed by atoms with Gasteiger partial charge in [-0.3, -0.25) is 9.59 Å². The van der Waals surface area contributed by atoms with Gasteiger partial charge in [0.05, 0.1) is 0 Å². The van der Waals surface area contributed by atoms with Gasteiger partial charge in [0.15, 0.2) is 0 Å². The van der Waals surface area contributed by atoms with Crippen LogP contribution in [0, 0.1) is 5.41 Å². The average Bonchev–Trinajstić information content (AvgIpc) is 1.90. The van der Waals surface area contributed by atoms with Crippen molar-refractivity contribution in [1.82, 2.24) is 0 Å². The number of carbonyl (C=O) groups excluding carboxylic acids is 2. The molecule has 0 atom stereocenters. The van der Waals surface area contributed by atoms with E-state index < -0.39 is 5.41 Å². The summed E-state index contributed by atoms with van der Waals surface area (Å²) in [5, 5.41) is 0. The van der Waals surface area contributed by atoms with Crippen LogP contribution in [0.25, 0.3) is 0 Å². The van der Waals surface area contributed by atoms with Crippen molar-refractivity contribution in [3.63, 3.8) is 0 Å². The summed E-state index contributed by atoms with van der Waals surface area (Å²) in [4.78, 5) is 22.0. The molecule has 0 spiro atoms. The molecule has 0 aliphatic heterocycles. The molecule has 0 aliphatic carbocycles. The van der Waals surface area contributed by atoms with Crippen LogP contribution in [0.5, 0.6) is 0 Å². The molecule has 0 saturated carbocycles. The van der Waals surface area contributed by atoms with E-state index in [1.54, 1.807) is 0 Å². The third-order valence-electron chi connectivity index (χ3n) is 2.04. The van der Waals surface area contributed by atoms with E-state index >= 15 is 0 Å². The molecule has 0 rings (SSSR count). The lowest BCUT2D eigenvalue weighted by atomic mass is 9.80. The van der Waals surface area contributed by atoms with Gasteiger partial charge in [0, 0.05) is 13.1 Å². The quantitative estimate of drug-likeness (QED) is 0.517. The van der Waals surface area contributed by atoms with Crippen molar-refractivity contribution in [2.45, 2.75) is 13.8 Å². The van der Waals surface area contributed by atoms with Crippen LogP contribution in [0.1, 0.15) is 13.8 Å². The zero-order chi connectivity index (χ0) is 9.07. The SMILES string of the molecule is CC(=O)C(CN)(CN)C(C)=O. The second-order valence-corrected chi connectivity index (χ2v) is 2.60. The topological polar surface area (TPSA) is 86.2 Å². The molecular formula is C7H14N2O2. The molecule has 0 bridgehead atoms. The number of hydrogen-bond acceptors (Lipinski definition) is 4. The minimum atomic E-state index is -1.14. The molecule has 0 fully saturated rings. The average molecular weight is 158 g/mol. The monoisotopic (exact) mass is 158 g/mol. The van der Waals surface area contributed by atoms with E-state index in [9.17, 15) is 9.59 Å². The van der Waals surface area contributed by atoms with E-state index in [1.165, 1.54) is 13.8 Å². The standard InChI is InChI=1S/C7H14N2O2/c1-5(10)7(3-8,4-9)6(2)11/h3-4,8-9H2,1-2H3. The fourth-order valence-electron chi connectivity index (χ4n) is 0.906. The third-order valence-corrected chi connectivity index (χ3v) is 2.04. The predicted octanol–water partition coefficient (Wildman–Crippen LogP) is -0.932. The first-order chi connectivity index (χ1) is 5.01. The molecule has 64 valence electrons. The summed E-state index contributed by atoms with van der Waals surface area (Å²) < 4.78 is 0. The Labute approximate surface area is 65.9 Å². The van der Waals surface area contributed by atoms with E-state index in [4.69, 9.17) is 11.5 Å². The molecule has 0 heterocycles. The first kappa shape index (κ1) is 10.3. The van der Waals surface area contributed by atoms with Crippen LogP contribution in [0.4, 0.5) is 0 Å². The number of ketones is 2. The van der Waals surface area contributed by atoms with Gasteiger partial charge in [0.1, 0.15) is 17.0 Å². The normalized spacial score (nSPS) is 11.3. The van der Waals surface area contributed by atoms with E-state index in [2.05, 4.69) is 0 Å². The van der Waals surface area contributed by atoms with Gasteiger partial charge in [0.2, 0.25) is 0 Å². The molecule has 0 aromatic carbocycles. The van der Waals surface area contributed by atoms with Gasteiger partial charge in [-0.05, 0) is 13.8 Å². The zero-order valence-corrected chi connectivity index (χ0v) is 6.89. The molecular weight excluding hydrogens is 144 g/mol. The first-order valence-electron chi connectivity index (χ1n) is 3.43. The van der Waals surface area contributed by atoms with E-state index in [0.29, 0.717) is 0 Å². The lowest BCUT2D eigenvalue weighted by Gasteiger charge is -2.24. The molecule has 4 nitrogen and oxygen atoms in total. The molecule has 4 N–H and O–H groups in total. The van der Waals surface area contributed by atoms with Crippen molar-refractivity contribution >= 4 is 11.6 Å². The van der Waals surface area contributed by atoms with E-state index in [1.807, 2.05) is 0 Å². The number of rotatable bonds is 4. The summed E-state index contributed by atoms with van der Waals surface area (Å²) in [5.74, 6) is -0.509. The van der Waals surface area contributed by atoms with Crippen molar-refractivity contribution in [1.29, 1.82) is 0 Å². The van der Waals surface area contributed by atoms with Crippen molar-refractivity contribution in [2.24, 2.45) is 16.9 Å². The van der Waals surface area contributed by atoms with Crippen LogP contribution >= 0.6 is 0 Å². The maximum absolute atomic E-state index is 11.0. The molecule has 0 aromatic heterocycles. The van der Waals surface area contributed by atoms with Crippen molar-refractivity contribution in [2.75, 3.05) is 13.1 Å². The summed E-state index contributed by atoms with van der Waals surface area (Å²) in [7, 11) is 0. The molecule has 0 radical (unpaired) electrons. The fraction of sp³-hybridized carbons (Fsp3) is 0.714. The van der Waals surface area contributed by atoms with Gasteiger partial charge in [-0.25, -0.2) is 0 Å². The highest BCUT2D eigenvalue weighted by atomic mass is 16.2. The van der Waals surface area contributed by atoms with Crippen LogP contribution in [0.2, 0.25) is 0 Å². The van der Waals surface area contributed by atoms with Crippen molar-refractivity contribution < 1.29 is 9.59 Å². The van der Waals surface area contributed by atoms with Gasteiger partial charge in [-0.15, -0.1) is 0 Å². The van der Waals surface area contributed by atoms with Crippen LogP contribution in [0.3, 0.4) is 0 Å². The maximum atomic E-state index is 11.0. The smallest absolute Gasteiger partial charge is 0.145 e. The fourth-order valence-corrected chi connectivity index (χ4v) is 0.906. The van der Waals surface area contributed by atoms with E-state index in [0.717, 1.165) is 0 Å². The van der Waals surface area contributed by atoms with Crippen LogP contribution in [0.15, 0.2) is 0 Å². The lowest BCUT2D eigenvalue weighted by molar-refractivity contribution is -0.137. The predicted molar refractivity (Wildman–Crippen MR) is 41.9 cm³/mol. The Hall–Kier alpha value is -0.740. The number of nitrogens with two attached hydrogens (primary N) is 2. The summed E-state index contributed by atoms with van der Waals surface area (Å²) in [6.07, 6.45) is 0. The van der Waals surface area contributed by atoms with Crippen molar-refractivity contribution in [3.05, 3.63) is 0 Å². The maximum Gasteiger partial charge on any atom is 0.145 e. The van der Waals surface area contributed by atoms with E-state index in [-0.39, 0.29) is 24.7 Å². The number of Topliss-reactive ketones (excluding diaryl/α,β-unsaturated/α-hetero) is 2. The summed E-state index contributed by atoms with van der Waals surface area (Å²) in [6, 6.07) is 0. The van der Waals surface area contributed by atoms with Crippen LogP contribution in [-0.4, -0.2) is 24.7 Å². The minimum absolute atomic E-state index is 0.00579. The summed E-state index contributed by atoms with van der Waals surface area (Å²) in [5.41, 5.74) is 9.46. The Morgan fingerprint density at radius 3 is 1.36 bits per heavy atom. The Bertz CT molecular complexity index is 157. The summed E-state index contributed by atoms with van der Waals surface area (Å²) >= 11 is 0. The highest BCUT2D eigenvalue weighted by Crippen LogP contribution is 2.15. The highest BCUT2D eigenvalue weighted by molar-refractivity contribution is 6.05. The Kier molecular flexibility index (Phi) is 3.35. The largest absolute Gasteiger partial charge is 0.329 e. The lowest BCUT2D eigenvalue weighted by Crippen LogP contribution is -2.49. The molecule has 0 aromatic rings. The van der Waals surface area contributed by atoms with Gasteiger partial charge < -0.3 is 11.5 Å². The molecule has 0 saturated heterocycles. The summed E-state index contributed by atoms with van der Waals surface area (Å²) in [6.45, 7) is 2.66. The zero-order valence-electron chi connectivity index (χ0n) is 6.89.